The Bertz CT molecular complexity index is 398. The molecule has 1 heterocycles. The highest BCUT2D eigenvalue weighted by Crippen LogP contribution is 2.09. The zero-order chi connectivity index (χ0) is 12.7. The van der Waals surface area contributed by atoms with E-state index in [1.54, 1.807) is 19.9 Å². The second-order valence-electron chi connectivity index (χ2n) is 3.33. The van der Waals surface area contributed by atoms with Crippen LogP contribution in [-0.2, 0) is 14.3 Å². The number of hydrogen-bond acceptors (Lipinski definition) is 4. The van der Waals surface area contributed by atoms with Gasteiger partial charge in [-0.2, -0.15) is 0 Å². The first-order chi connectivity index (χ1) is 8.13. The van der Waals surface area contributed by atoms with Gasteiger partial charge in [0.1, 0.15) is 6.04 Å². The number of amides is 1. The van der Waals surface area contributed by atoms with E-state index in [0.717, 1.165) is 4.88 Å². The predicted octanol–water partition coefficient (Wildman–Crippen LogP) is 1.83. The maximum absolute atomic E-state index is 11.5. The van der Waals surface area contributed by atoms with Gasteiger partial charge in [-0.05, 0) is 31.4 Å². The van der Waals surface area contributed by atoms with E-state index in [4.69, 9.17) is 4.74 Å². The molecule has 0 aliphatic rings. The number of ether oxygens (including phenoxy) is 1. The van der Waals surface area contributed by atoms with Crippen molar-refractivity contribution in [3.05, 3.63) is 28.5 Å². The van der Waals surface area contributed by atoms with Gasteiger partial charge in [-0.15, -0.1) is 11.3 Å². The van der Waals surface area contributed by atoms with Crippen LogP contribution in [0, 0.1) is 0 Å². The maximum Gasteiger partial charge on any atom is 0.328 e. The zero-order valence-corrected chi connectivity index (χ0v) is 10.6. The van der Waals surface area contributed by atoms with Crippen LogP contribution < -0.4 is 5.32 Å². The van der Waals surface area contributed by atoms with E-state index in [-0.39, 0.29) is 5.91 Å². The summed E-state index contributed by atoms with van der Waals surface area (Å²) >= 11 is 1.54. The monoisotopic (exact) mass is 253 g/mol. The van der Waals surface area contributed by atoms with Crippen LogP contribution in [0.1, 0.15) is 18.7 Å². The Balaban J connectivity index is 2.41. The first kappa shape index (κ1) is 13.4. The van der Waals surface area contributed by atoms with Crippen LogP contribution in [0.25, 0.3) is 6.08 Å². The van der Waals surface area contributed by atoms with Crippen molar-refractivity contribution in [3.63, 3.8) is 0 Å². The van der Waals surface area contributed by atoms with Gasteiger partial charge in [0.2, 0.25) is 5.91 Å². The molecule has 0 saturated heterocycles. The summed E-state index contributed by atoms with van der Waals surface area (Å²) in [6.07, 6.45) is 3.11. The Hall–Kier alpha value is -1.62. The second kappa shape index (κ2) is 6.85. The highest BCUT2D eigenvalue weighted by molar-refractivity contribution is 7.10. The van der Waals surface area contributed by atoms with Crippen molar-refractivity contribution in [1.29, 1.82) is 0 Å². The van der Waals surface area contributed by atoms with Crippen molar-refractivity contribution in [3.8, 4) is 0 Å². The van der Waals surface area contributed by atoms with Crippen LogP contribution in [0.5, 0.6) is 0 Å². The summed E-state index contributed by atoms with van der Waals surface area (Å²) in [5.74, 6) is -0.732. The zero-order valence-electron chi connectivity index (χ0n) is 9.80. The summed E-state index contributed by atoms with van der Waals surface area (Å²) < 4.78 is 4.78. The first-order valence-corrected chi connectivity index (χ1v) is 6.20. The molecule has 1 N–H and O–H groups in total. The van der Waals surface area contributed by atoms with Crippen molar-refractivity contribution >= 4 is 29.3 Å². The van der Waals surface area contributed by atoms with E-state index >= 15 is 0 Å². The van der Waals surface area contributed by atoms with Gasteiger partial charge in [0, 0.05) is 11.0 Å². The van der Waals surface area contributed by atoms with E-state index < -0.39 is 12.0 Å². The summed E-state index contributed by atoms with van der Waals surface area (Å²) in [6.45, 7) is 3.63. The van der Waals surface area contributed by atoms with Gasteiger partial charge in [-0.1, -0.05) is 6.07 Å². The third-order valence-corrected chi connectivity index (χ3v) is 2.78. The van der Waals surface area contributed by atoms with Crippen molar-refractivity contribution in [2.75, 3.05) is 6.61 Å². The van der Waals surface area contributed by atoms with Gasteiger partial charge in [0.05, 0.1) is 6.61 Å². The minimum atomic E-state index is -0.629. The molecule has 17 heavy (non-hydrogen) atoms. The van der Waals surface area contributed by atoms with Gasteiger partial charge < -0.3 is 10.1 Å². The molecule has 1 rings (SSSR count). The molecule has 1 aromatic heterocycles. The number of carbonyl (C=O) groups excluding carboxylic acids is 2. The predicted molar refractivity (Wildman–Crippen MR) is 67.6 cm³/mol. The molecular formula is C12H15NO3S. The Morgan fingerprint density at radius 1 is 1.59 bits per heavy atom. The Kier molecular flexibility index (Phi) is 5.42. The summed E-state index contributed by atoms with van der Waals surface area (Å²) in [4.78, 5) is 23.7. The van der Waals surface area contributed by atoms with Gasteiger partial charge in [-0.25, -0.2) is 4.79 Å². The molecule has 5 heteroatoms. The molecule has 0 bridgehead atoms. The molecule has 1 aromatic rings. The highest BCUT2D eigenvalue weighted by atomic mass is 32.1. The summed E-state index contributed by atoms with van der Waals surface area (Å²) in [5, 5.41) is 4.46. The van der Waals surface area contributed by atoms with Gasteiger partial charge in [-0.3, -0.25) is 4.79 Å². The van der Waals surface area contributed by atoms with E-state index in [0.29, 0.717) is 6.61 Å². The van der Waals surface area contributed by atoms with Gasteiger partial charge in [0.15, 0.2) is 0 Å². The molecule has 0 aromatic carbocycles. The molecule has 4 nitrogen and oxygen atoms in total. The minimum absolute atomic E-state index is 0.307. The van der Waals surface area contributed by atoms with Crippen LogP contribution >= 0.6 is 11.3 Å². The number of carbonyl (C=O) groups is 2. The average Bonchev–Trinajstić information content (AvgIpc) is 2.79. The molecular weight excluding hydrogens is 238 g/mol. The molecule has 0 fully saturated rings. The largest absolute Gasteiger partial charge is 0.464 e. The van der Waals surface area contributed by atoms with Crippen LogP contribution in [0.3, 0.4) is 0 Å². The fraction of sp³-hybridized carbons (Fsp3) is 0.333. The van der Waals surface area contributed by atoms with E-state index in [9.17, 15) is 9.59 Å². The number of thiophene rings is 1. The van der Waals surface area contributed by atoms with E-state index in [1.165, 1.54) is 17.4 Å². The van der Waals surface area contributed by atoms with Crippen LogP contribution in [0.15, 0.2) is 23.6 Å². The average molecular weight is 253 g/mol. The lowest BCUT2D eigenvalue weighted by Crippen LogP contribution is -2.38. The van der Waals surface area contributed by atoms with Crippen molar-refractivity contribution in [2.24, 2.45) is 0 Å². The Morgan fingerprint density at radius 3 is 2.94 bits per heavy atom. The molecule has 0 spiro atoms. The Morgan fingerprint density at radius 2 is 2.35 bits per heavy atom. The van der Waals surface area contributed by atoms with Crippen molar-refractivity contribution in [1.82, 2.24) is 5.32 Å². The lowest BCUT2D eigenvalue weighted by molar-refractivity contribution is -0.146. The topological polar surface area (TPSA) is 55.4 Å². The SMILES string of the molecule is CCOC(=O)C(C)NC(=O)/C=C/c1cccs1. The quantitative estimate of drug-likeness (QED) is 0.643. The summed E-state index contributed by atoms with van der Waals surface area (Å²) in [5.41, 5.74) is 0. The molecule has 0 radical (unpaired) electrons. The summed E-state index contributed by atoms with van der Waals surface area (Å²) in [6, 6.07) is 3.18. The van der Waals surface area contributed by atoms with Gasteiger partial charge >= 0.3 is 5.97 Å². The number of nitrogens with one attached hydrogen (secondary N) is 1. The summed E-state index contributed by atoms with van der Waals surface area (Å²) in [7, 11) is 0. The molecule has 0 aliphatic heterocycles. The molecule has 1 amide bonds. The fourth-order valence-electron chi connectivity index (χ4n) is 1.13. The normalized spacial score (nSPS) is 12.4. The minimum Gasteiger partial charge on any atom is -0.464 e. The van der Waals surface area contributed by atoms with E-state index in [2.05, 4.69) is 5.32 Å². The highest BCUT2D eigenvalue weighted by Gasteiger charge is 2.14. The third-order valence-electron chi connectivity index (χ3n) is 1.94. The van der Waals surface area contributed by atoms with Crippen molar-refractivity contribution in [2.45, 2.75) is 19.9 Å². The van der Waals surface area contributed by atoms with Crippen molar-refractivity contribution < 1.29 is 14.3 Å². The molecule has 92 valence electrons. The van der Waals surface area contributed by atoms with Crippen LogP contribution in [-0.4, -0.2) is 24.5 Å². The number of esters is 1. The van der Waals surface area contributed by atoms with Crippen LogP contribution in [0.2, 0.25) is 0 Å². The second-order valence-corrected chi connectivity index (χ2v) is 4.31. The van der Waals surface area contributed by atoms with Gasteiger partial charge in [0.25, 0.3) is 0 Å². The smallest absolute Gasteiger partial charge is 0.328 e. The number of hydrogen-bond donors (Lipinski definition) is 1. The fourth-order valence-corrected chi connectivity index (χ4v) is 1.75. The lowest BCUT2D eigenvalue weighted by atomic mass is 10.3. The maximum atomic E-state index is 11.5. The van der Waals surface area contributed by atoms with Crippen LogP contribution in [0.4, 0.5) is 0 Å². The molecule has 0 saturated carbocycles. The molecule has 1 unspecified atom stereocenters. The van der Waals surface area contributed by atoms with E-state index in [1.807, 2.05) is 17.5 Å². The third kappa shape index (κ3) is 4.82. The Labute approximate surface area is 104 Å². The number of rotatable bonds is 5. The first-order valence-electron chi connectivity index (χ1n) is 5.32. The standard InChI is InChI=1S/C12H15NO3S/c1-3-16-12(15)9(2)13-11(14)7-6-10-5-4-8-17-10/h4-9H,3H2,1-2H3,(H,13,14)/b7-6+. The molecule has 0 aliphatic carbocycles. The molecule has 1 atom stereocenters. The lowest BCUT2D eigenvalue weighted by Gasteiger charge is -2.10.